The van der Waals surface area contributed by atoms with Crippen molar-refractivity contribution in [3.63, 3.8) is 0 Å². The van der Waals surface area contributed by atoms with E-state index >= 15 is 0 Å². The van der Waals surface area contributed by atoms with E-state index in [1.165, 1.54) is 137 Å². The van der Waals surface area contributed by atoms with Gasteiger partial charge in [-0.1, -0.05) is 220 Å². The van der Waals surface area contributed by atoms with Crippen LogP contribution < -0.4 is 26.2 Å². The summed E-state index contributed by atoms with van der Waals surface area (Å²) >= 11 is 1.97. The monoisotopic (exact) mass is 972 g/mol. The molecule has 0 amide bonds. The normalized spacial score (nSPS) is 14.9. The van der Waals surface area contributed by atoms with Crippen LogP contribution >= 0.6 is 11.8 Å². The second-order valence-corrected chi connectivity index (χ2v) is 25.6. The Morgan fingerprint density at radius 2 is 0.919 bits per heavy atom. The first kappa shape index (κ1) is 45.4. The molecular weight excluding hydrogens is 912 g/mol. The number of anilines is 6. The molecule has 1 spiro atoms. The Labute approximate surface area is 442 Å². The first-order chi connectivity index (χ1) is 35.5. The van der Waals surface area contributed by atoms with Crippen molar-refractivity contribution in [2.75, 3.05) is 9.80 Å². The van der Waals surface area contributed by atoms with Crippen LogP contribution in [0.3, 0.4) is 0 Å². The fourth-order valence-electron chi connectivity index (χ4n) is 13.3. The van der Waals surface area contributed by atoms with Gasteiger partial charge in [-0.25, -0.2) is 0 Å². The molecule has 10 aromatic carbocycles. The number of rotatable bonds is 2. The molecule has 1 aliphatic carbocycles. The summed E-state index contributed by atoms with van der Waals surface area (Å²) in [6, 6.07) is 73.5. The number of hydrogen-bond acceptors (Lipinski definition) is 3. The van der Waals surface area contributed by atoms with E-state index in [2.05, 4.69) is 267 Å². The Kier molecular flexibility index (Phi) is 9.58. The molecule has 0 fully saturated rings. The van der Waals surface area contributed by atoms with E-state index < -0.39 is 5.41 Å². The minimum absolute atomic E-state index is 0.00410. The van der Waals surface area contributed by atoms with E-state index in [-0.39, 0.29) is 23.0 Å². The lowest BCUT2D eigenvalue weighted by atomic mass is 9.33. The van der Waals surface area contributed by atoms with Gasteiger partial charge in [0, 0.05) is 49.5 Å². The molecule has 4 aliphatic rings. The maximum Gasteiger partial charge on any atom is 0.252 e. The Balaban J connectivity index is 1.13. The van der Waals surface area contributed by atoms with Crippen LogP contribution in [-0.2, 0) is 21.7 Å². The van der Waals surface area contributed by atoms with Gasteiger partial charge >= 0.3 is 0 Å². The fourth-order valence-corrected chi connectivity index (χ4v) is 14.8. The van der Waals surface area contributed by atoms with E-state index in [0.29, 0.717) is 0 Å². The third-order valence-corrected chi connectivity index (χ3v) is 18.3. The molecule has 10 aromatic rings. The highest BCUT2D eigenvalue weighted by Gasteiger charge is 2.54. The van der Waals surface area contributed by atoms with Gasteiger partial charge in [0.15, 0.2) is 0 Å². The van der Waals surface area contributed by atoms with Gasteiger partial charge in [-0.15, -0.1) is 0 Å². The third kappa shape index (κ3) is 6.34. The third-order valence-electron chi connectivity index (χ3n) is 17.0. The largest absolute Gasteiger partial charge is 0.311 e. The Bertz CT molecular complexity index is 3930. The molecule has 74 heavy (non-hydrogen) atoms. The quantitative estimate of drug-likeness (QED) is 0.159. The zero-order valence-corrected chi connectivity index (χ0v) is 45.1. The van der Waals surface area contributed by atoms with Crippen molar-refractivity contribution in [3.8, 4) is 11.1 Å². The van der Waals surface area contributed by atoms with E-state index in [4.69, 9.17) is 0 Å². The molecular formula is C70H61BN2S. The number of hydrogen-bond donors (Lipinski definition) is 0. The molecule has 0 saturated carbocycles. The van der Waals surface area contributed by atoms with E-state index in [0.717, 1.165) is 0 Å². The highest BCUT2D eigenvalue weighted by molar-refractivity contribution is 8.00. The Hall–Kier alpha value is -7.27. The molecule has 0 atom stereocenters. The zero-order valence-electron chi connectivity index (χ0n) is 44.3. The summed E-state index contributed by atoms with van der Waals surface area (Å²) < 4.78 is 0. The minimum atomic E-state index is -0.593. The standard InChI is InChI=1S/C70H61BN2S/c1-42-39-60-63-61(40-42)73(49-32-27-46(28-33-49)68(5,6)7)64-57(71(63)58-41-47(69(8,9)10)29-38-59(58)72(60)48-30-25-45(26-31-48)67(2,3)4)37-36-54-62(64)52-21-15-16-22-53(52)70(54)55-34-23-43-17-11-13-19-50(43)65(55)74-66-51-20-14-12-18-44(51)24-35-56(66)70/h11-41H,1-10H3. The van der Waals surface area contributed by atoms with Crippen molar-refractivity contribution in [1.82, 2.24) is 0 Å². The van der Waals surface area contributed by atoms with Gasteiger partial charge in [-0.3, -0.25) is 0 Å². The average molecular weight is 973 g/mol. The van der Waals surface area contributed by atoms with Gasteiger partial charge < -0.3 is 9.80 Å². The van der Waals surface area contributed by atoms with Crippen LogP contribution in [-0.4, -0.2) is 6.71 Å². The van der Waals surface area contributed by atoms with Crippen LogP contribution in [0.15, 0.2) is 198 Å². The molecule has 2 nitrogen and oxygen atoms in total. The van der Waals surface area contributed by atoms with Gasteiger partial charge in [0.25, 0.3) is 6.71 Å². The number of nitrogens with zero attached hydrogens (tertiary/aromatic N) is 2. The number of benzene rings is 10. The van der Waals surface area contributed by atoms with Gasteiger partial charge in [0.1, 0.15) is 0 Å². The van der Waals surface area contributed by atoms with Crippen molar-refractivity contribution in [3.05, 3.63) is 233 Å². The van der Waals surface area contributed by atoms with E-state index in [1.807, 2.05) is 11.8 Å². The Morgan fingerprint density at radius 3 is 1.50 bits per heavy atom. The van der Waals surface area contributed by atoms with Crippen molar-refractivity contribution in [2.45, 2.75) is 101 Å². The van der Waals surface area contributed by atoms with Crippen LogP contribution in [0.1, 0.15) is 107 Å². The maximum absolute atomic E-state index is 2.68. The van der Waals surface area contributed by atoms with E-state index in [1.54, 1.807) is 0 Å². The number of aryl methyl sites for hydroxylation is 1. The smallest absolute Gasteiger partial charge is 0.252 e. The lowest BCUT2D eigenvalue weighted by Gasteiger charge is -2.46. The molecule has 14 rings (SSSR count). The van der Waals surface area contributed by atoms with Gasteiger partial charge in [-0.05, 0) is 154 Å². The predicted octanol–water partition coefficient (Wildman–Crippen LogP) is 17.1. The molecule has 0 radical (unpaired) electrons. The maximum atomic E-state index is 2.68. The molecule has 3 heterocycles. The summed E-state index contributed by atoms with van der Waals surface area (Å²) in [6.45, 7) is 23.2. The molecule has 4 heteroatoms. The van der Waals surface area contributed by atoms with Gasteiger partial charge in [0.2, 0.25) is 0 Å². The fraction of sp³-hybridized carbons (Fsp3) is 0.200. The van der Waals surface area contributed by atoms with Crippen molar-refractivity contribution in [1.29, 1.82) is 0 Å². The molecule has 360 valence electrons. The first-order valence-corrected chi connectivity index (χ1v) is 27.4. The molecule has 0 N–H and O–H groups in total. The van der Waals surface area contributed by atoms with Crippen molar-refractivity contribution < 1.29 is 0 Å². The number of fused-ring (bicyclic) bond motifs is 18. The molecule has 0 unspecified atom stereocenters. The highest BCUT2D eigenvalue weighted by atomic mass is 32.2. The second kappa shape index (κ2) is 15.6. The van der Waals surface area contributed by atoms with Gasteiger partial charge in [-0.2, -0.15) is 0 Å². The SMILES string of the molecule is Cc1cc2c3c(c1)N(c1ccc(C(C)(C)C)cc1)c1c(ccc4c1-c1ccccc1C41c4ccc5ccccc5c4Sc4c1ccc1ccccc41)B3c1cc(C(C)(C)C)ccc1N2c1ccc(C(C)(C)C)cc1. The van der Waals surface area contributed by atoms with Crippen LogP contribution in [0, 0.1) is 6.92 Å². The molecule has 3 aliphatic heterocycles. The summed E-state index contributed by atoms with van der Waals surface area (Å²) in [5.41, 5.74) is 24.1. The van der Waals surface area contributed by atoms with Crippen LogP contribution in [0.4, 0.5) is 34.1 Å². The van der Waals surface area contributed by atoms with Crippen molar-refractivity contribution in [2.24, 2.45) is 0 Å². The summed E-state index contributed by atoms with van der Waals surface area (Å²) in [4.78, 5) is 7.94. The summed E-state index contributed by atoms with van der Waals surface area (Å²) in [6.07, 6.45) is 0. The molecule has 0 bridgehead atoms. The summed E-state index contributed by atoms with van der Waals surface area (Å²) in [5, 5.41) is 5.15. The first-order valence-electron chi connectivity index (χ1n) is 26.6. The average Bonchev–Trinajstić information content (AvgIpc) is 3.70. The second-order valence-electron chi connectivity index (χ2n) is 24.6. The molecule has 0 saturated heterocycles. The van der Waals surface area contributed by atoms with E-state index in [9.17, 15) is 0 Å². The summed E-state index contributed by atoms with van der Waals surface area (Å²) in [5.74, 6) is 0. The summed E-state index contributed by atoms with van der Waals surface area (Å²) in [7, 11) is 0. The minimum Gasteiger partial charge on any atom is -0.311 e. The zero-order chi connectivity index (χ0) is 50.8. The Morgan fingerprint density at radius 1 is 0.419 bits per heavy atom. The highest BCUT2D eigenvalue weighted by Crippen LogP contribution is 2.66. The predicted molar refractivity (Wildman–Crippen MR) is 318 cm³/mol. The lowest BCUT2D eigenvalue weighted by molar-refractivity contribution is 0.590. The van der Waals surface area contributed by atoms with Crippen LogP contribution in [0.5, 0.6) is 0 Å². The lowest BCUT2D eigenvalue weighted by Crippen LogP contribution is -2.61. The molecule has 0 aromatic heterocycles. The van der Waals surface area contributed by atoms with Crippen LogP contribution in [0.25, 0.3) is 32.7 Å². The van der Waals surface area contributed by atoms with Crippen molar-refractivity contribution >= 4 is 90.5 Å². The van der Waals surface area contributed by atoms with Crippen LogP contribution in [0.2, 0.25) is 0 Å². The topological polar surface area (TPSA) is 6.48 Å². The van der Waals surface area contributed by atoms with Gasteiger partial charge in [0.05, 0.1) is 5.41 Å².